The van der Waals surface area contributed by atoms with E-state index in [1.165, 1.54) is 0 Å². The Morgan fingerprint density at radius 2 is 1.88 bits per heavy atom. The smallest absolute Gasteiger partial charge is 0.248 e. The van der Waals surface area contributed by atoms with Crippen molar-refractivity contribution in [3.8, 4) is 0 Å². The lowest BCUT2D eigenvalue weighted by Crippen LogP contribution is -2.29. The molecule has 0 saturated carbocycles. The van der Waals surface area contributed by atoms with E-state index < -0.39 is 5.91 Å². The summed E-state index contributed by atoms with van der Waals surface area (Å²) in [5, 5.41) is 2.74. The summed E-state index contributed by atoms with van der Waals surface area (Å²) in [5.74, 6) is -0.545. The largest absolute Gasteiger partial charge is 0.366 e. The number of carbonyl (C=O) groups excluding carboxylic acids is 2. The number of nitrogens with one attached hydrogen (secondary N) is 1. The quantitative estimate of drug-likeness (QED) is 0.677. The number of hydrogen-bond acceptors (Lipinski definition) is 3. The molecule has 0 aliphatic rings. The van der Waals surface area contributed by atoms with Crippen LogP contribution in [-0.4, -0.2) is 17.9 Å². The lowest BCUT2D eigenvalue weighted by molar-refractivity contribution is -0.121. The van der Waals surface area contributed by atoms with Crippen molar-refractivity contribution in [2.45, 2.75) is 25.9 Å². The third-order valence-corrected chi connectivity index (χ3v) is 2.24. The van der Waals surface area contributed by atoms with Crippen LogP contribution < -0.4 is 16.8 Å². The van der Waals surface area contributed by atoms with Crippen LogP contribution in [0.15, 0.2) is 24.3 Å². The molecule has 1 atom stereocenters. The monoisotopic (exact) mass is 235 g/mol. The molecule has 1 aromatic carbocycles. The van der Waals surface area contributed by atoms with E-state index in [2.05, 4.69) is 5.32 Å². The van der Waals surface area contributed by atoms with Crippen molar-refractivity contribution < 1.29 is 9.59 Å². The van der Waals surface area contributed by atoms with Gasteiger partial charge in [0.05, 0.1) is 0 Å². The van der Waals surface area contributed by atoms with E-state index >= 15 is 0 Å². The van der Waals surface area contributed by atoms with Gasteiger partial charge in [-0.15, -0.1) is 0 Å². The van der Waals surface area contributed by atoms with Crippen LogP contribution in [0.5, 0.6) is 0 Å². The van der Waals surface area contributed by atoms with Crippen LogP contribution in [0.4, 0.5) is 0 Å². The Morgan fingerprint density at radius 3 is 2.35 bits per heavy atom. The molecule has 1 aromatic rings. The van der Waals surface area contributed by atoms with Crippen LogP contribution in [0.25, 0.3) is 0 Å². The van der Waals surface area contributed by atoms with Gasteiger partial charge in [0.2, 0.25) is 11.8 Å². The molecule has 0 spiro atoms. The fraction of sp³-hybridized carbons (Fsp3) is 0.333. The lowest BCUT2D eigenvalue weighted by atomic mass is 10.1. The minimum Gasteiger partial charge on any atom is -0.366 e. The molecule has 0 aromatic heterocycles. The Kier molecular flexibility index (Phi) is 4.66. The number of hydrogen-bond donors (Lipinski definition) is 3. The molecule has 1 unspecified atom stereocenters. The predicted molar refractivity (Wildman–Crippen MR) is 65.1 cm³/mol. The summed E-state index contributed by atoms with van der Waals surface area (Å²) in [6, 6.07) is 6.63. The topological polar surface area (TPSA) is 98.2 Å². The zero-order valence-electron chi connectivity index (χ0n) is 9.77. The normalized spacial score (nSPS) is 11.9. The van der Waals surface area contributed by atoms with Gasteiger partial charge in [-0.3, -0.25) is 9.59 Å². The maximum Gasteiger partial charge on any atom is 0.248 e. The first-order chi connectivity index (χ1) is 7.99. The van der Waals surface area contributed by atoms with Crippen molar-refractivity contribution in [2.75, 3.05) is 0 Å². The summed E-state index contributed by atoms with van der Waals surface area (Å²) in [4.78, 5) is 22.2. The molecular formula is C12H17N3O2. The number of benzene rings is 1. The second-order valence-corrected chi connectivity index (χ2v) is 4.02. The zero-order chi connectivity index (χ0) is 12.8. The predicted octanol–water partition coefficient (Wildman–Crippen LogP) is 0.139. The Morgan fingerprint density at radius 1 is 1.29 bits per heavy atom. The third kappa shape index (κ3) is 4.65. The van der Waals surface area contributed by atoms with Crippen molar-refractivity contribution in [3.63, 3.8) is 0 Å². The molecular weight excluding hydrogens is 218 g/mol. The molecule has 92 valence electrons. The number of rotatable bonds is 5. The average molecular weight is 235 g/mol. The molecule has 2 amide bonds. The van der Waals surface area contributed by atoms with Gasteiger partial charge in [0, 0.05) is 24.6 Å². The SMILES string of the molecule is CC(N)CC(=O)NCc1ccc(C(N)=O)cc1. The minimum absolute atomic E-state index is 0.0843. The van der Waals surface area contributed by atoms with Crippen molar-refractivity contribution in [2.24, 2.45) is 11.5 Å². The van der Waals surface area contributed by atoms with E-state index in [0.29, 0.717) is 18.5 Å². The van der Waals surface area contributed by atoms with Gasteiger partial charge in [-0.1, -0.05) is 12.1 Å². The van der Waals surface area contributed by atoms with E-state index in [0.717, 1.165) is 5.56 Å². The summed E-state index contributed by atoms with van der Waals surface area (Å²) < 4.78 is 0. The van der Waals surface area contributed by atoms with Crippen LogP contribution in [0, 0.1) is 0 Å². The van der Waals surface area contributed by atoms with Gasteiger partial charge in [-0.05, 0) is 24.6 Å². The second kappa shape index (κ2) is 6.00. The molecule has 0 fully saturated rings. The Labute approximate surface area is 100 Å². The highest BCUT2D eigenvalue weighted by Crippen LogP contribution is 2.03. The lowest BCUT2D eigenvalue weighted by Gasteiger charge is -2.07. The molecule has 0 saturated heterocycles. The first-order valence-electron chi connectivity index (χ1n) is 5.40. The van der Waals surface area contributed by atoms with E-state index in [1.54, 1.807) is 31.2 Å². The van der Waals surface area contributed by atoms with Gasteiger partial charge in [-0.2, -0.15) is 0 Å². The average Bonchev–Trinajstić information content (AvgIpc) is 2.26. The first-order valence-corrected chi connectivity index (χ1v) is 5.40. The van der Waals surface area contributed by atoms with Crippen molar-refractivity contribution in [1.82, 2.24) is 5.32 Å². The second-order valence-electron chi connectivity index (χ2n) is 4.02. The van der Waals surface area contributed by atoms with Crippen molar-refractivity contribution in [3.05, 3.63) is 35.4 Å². The fourth-order valence-electron chi connectivity index (χ4n) is 1.35. The molecule has 0 aliphatic heterocycles. The molecule has 17 heavy (non-hydrogen) atoms. The number of carbonyl (C=O) groups is 2. The zero-order valence-corrected chi connectivity index (χ0v) is 9.77. The molecule has 0 heterocycles. The third-order valence-electron chi connectivity index (χ3n) is 2.24. The Balaban J connectivity index is 2.47. The molecule has 5 N–H and O–H groups in total. The summed E-state index contributed by atoms with van der Waals surface area (Å²) in [6.07, 6.45) is 0.305. The Hall–Kier alpha value is -1.88. The van der Waals surface area contributed by atoms with Crippen LogP contribution in [0.1, 0.15) is 29.3 Å². The maximum atomic E-state index is 11.3. The van der Waals surface area contributed by atoms with Gasteiger partial charge >= 0.3 is 0 Å². The standard InChI is InChI=1S/C12H17N3O2/c1-8(13)6-11(16)15-7-9-2-4-10(5-3-9)12(14)17/h2-5,8H,6-7,13H2,1H3,(H2,14,17)(H,15,16). The summed E-state index contributed by atoms with van der Waals surface area (Å²) in [7, 11) is 0. The van der Waals surface area contributed by atoms with Crippen LogP contribution >= 0.6 is 0 Å². The molecule has 1 rings (SSSR count). The van der Waals surface area contributed by atoms with Gasteiger partial charge in [0.1, 0.15) is 0 Å². The van der Waals surface area contributed by atoms with E-state index in [1.807, 2.05) is 0 Å². The summed E-state index contributed by atoms with van der Waals surface area (Å²) in [6.45, 7) is 2.20. The summed E-state index contributed by atoms with van der Waals surface area (Å²) in [5.41, 5.74) is 12.0. The van der Waals surface area contributed by atoms with Gasteiger partial charge in [-0.25, -0.2) is 0 Å². The molecule has 0 radical (unpaired) electrons. The number of nitrogens with two attached hydrogens (primary N) is 2. The van der Waals surface area contributed by atoms with Crippen molar-refractivity contribution in [1.29, 1.82) is 0 Å². The first kappa shape index (κ1) is 13.2. The van der Waals surface area contributed by atoms with Gasteiger partial charge in [0.25, 0.3) is 0 Å². The Bertz CT molecular complexity index is 399. The van der Waals surface area contributed by atoms with Gasteiger partial charge < -0.3 is 16.8 Å². The highest BCUT2D eigenvalue weighted by atomic mass is 16.1. The molecule has 0 aliphatic carbocycles. The minimum atomic E-state index is -0.461. The molecule has 0 bridgehead atoms. The van der Waals surface area contributed by atoms with Crippen LogP contribution in [-0.2, 0) is 11.3 Å². The van der Waals surface area contributed by atoms with Crippen LogP contribution in [0.3, 0.4) is 0 Å². The molecule has 5 heteroatoms. The highest BCUT2D eigenvalue weighted by molar-refractivity contribution is 5.92. The van der Waals surface area contributed by atoms with Gasteiger partial charge in [0.15, 0.2) is 0 Å². The van der Waals surface area contributed by atoms with E-state index in [-0.39, 0.29) is 11.9 Å². The van der Waals surface area contributed by atoms with Crippen molar-refractivity contribution >= 4 is 11.8 Å². The highest BCUT2D eigenvalue weighted by Gasteiger charge is 2.05. The number of amides is 2. The summed E-state index contributed by atoms with van der Waals surface area (Å²) >= 11 is 0. The number of primary amides is 1. The van der Waals surface area contributed by atoms with E-state index in [4.69, 9.17) is 11.5 Å². The molecule has 5 nitrogen and oxygen atoms in total. The van der Waals surface area contributed by atoms with E-state index in [9.17, 15) is 9.59 Å². The maximum absolute atomic E-state index is 11.3. The fourth-order valence-corrected chi connectivity index (χ4v) is 1.35. The van der Waals surface area contributed by atoms with Crippen LogP contribution in [0.2, 0.25) is 0 Å².